The molecule has 1 aromatic carbocycles. The van der Waals surface area contributed by atoms with Crippen LogP contribution in [-0.2, 0) is 9.59 Å². The van der Waals surface area contributed by atoms with Crippen molar-refractivity contribution in [2.75, 3.05) is 10.6 Å². The molecule has 3 rings (SSSR count). The van der Waals surface area contributed by atoms with Gasteiger partial charge in [-0.1, -0.05) is 18.2 Å². The van der Waals surface area contributed by atoms with E-state index >= 15 is 0 Å². The Kier molecular flexibility index (Phi) is 4.42. The van der Waals surface area contributed by atoms with Crippen molar-refractivity contribution in [2.45, 2.75) is 6.42 Å². The van der Waals surface area contributed by atoms with E-state index in [0.29, 0.717) is 5.82 Å². The third-order valence-corrected chi connectivity index (χ3v) is 3.18. The lowest BCUT2D eigenvalue weighted by molar-refractivity contribution is -0.123. The van der Waals surface area contributed by atoms with Crippen LogP contribution in [0.3, 0.4) is 0 Å². The number of pyridine rings is 2. The van der Waals surface area contributed by atoms with E-state index in [1.54, 1.807) is 6.07 Å². The molecule has 0 saturated carbocycles. The van der Waals surface area contributed by atoms with E-state index in [1.807, 2.05) is 30.3 Å². The molecule has 6 nitrogen and oxygen atoms in total. The van der Waals surface area contributed by atoms with Crippen molar-refractivity contribution in [1.82, 2.24) is 9.97 Å². The van der Waals surface area contributed by atoms with E-state index in [4.69, 9.17) is 0 Å². The van der Waals surface area contributed by atoms with Crippen molar-refractivity contribution >= 4 is 34.4 Å². The molecule has 0 aliphatic carbocycles. The number of anilines is 2. The van der Waals surface area contributed by atoms with Gasteiger partial charge in [-0.25, -0.2) is 14.4 Å². The molecule has 0 aliphatic heterocycles. The molecule has 2 N–H and O–H groups in total. The van der Waals surface area contributed by atoms with Crippen molar-refractivity contribution in [3.63, 3.8) is 0 Å². The topological polar surface area (TPSA) is 84.0 Å². The normalized spacial score (nSPS) is 10.4. The Hall–Kier alpha value is -3.35. The number of halogens is 1. The molecule has 2 heterocycles. The number of hydrogen-bond donors (Lipinski definition) is 2. The summed E-state index contributed by atoms with van der Waals surface area (Å²) in [7, 11) is 0. The Balaban J connectivity index is 1.59. The molecule has 120 valence electrons. The molecular formula is C17H13FN4O2. The second-order valence-electron chi connectivity index (χ2n) is 5.02. The summed E-state index contributed by atoms with van der Waals surface area (Å²) in [5.74, 6) is -1.01. The van der Waals surface area contributed by atoms with Crippen LogP contribution in [0.1, 0.15) is 6.42 Å². The molecule has 0 radical (unpaired) electrons. The van der Waals surface area contributed by atoms with E-state index in [2.05, 4.69) is 20.6 Å². The SMILES string of the molecule is O=C(CC(=O)Nc1ccc2ccccc2n1)Nc1ccc(F)cn1. The van der Waals surface area contributed by atoms with E-state index in [-0.39, 0.29) is 5.82 Å². The second kappa shape index (κ2) is 6.82. The van der Waals surface area contributed by atoms with Crippen molar-refractivity contribution in [3.8, 4) is 0 Å². The van der Waals surface area contributed by atoms with E-state index in [0.717, 1.165) is 17.1 Å². The summed E-state index contributed by atoms with van der Waals surface area (Å²) >= 11 is 0. The maximum Gasteiger partial charge on any atom is 0.234 e. The molecule has 7 heteroatoms. The highest BCUT2D eigenvalue weighted by Crippen LogP contribution is 2.14. The zero-order valence-corrected chi connectivity index (χ0v) is 12.5. The van der Waals surface area contributed by atoms with Crippen molar-refractivity contribution in [3.05, 3.63) is 60.5 Å². The molecule has 3 aromatic rings. The van der Waals surface area contributed by atoms with Crippen molar-refractivity contribution < 1.29 is 14.0 Å². The number of nitrogens with one attached hydrogen (secondary N) is 2. The minimum absolute atomic E-state index is 0.179. The lowest BCUT2D eigenvalue weighted by Gasteiger charge is -2.06. The van der Waals surface area contributed by atoms with Crippen LogP contribution in [0.25, 0.3) is 10.9 Å². The Morgan fingerprint density at radius 1 is 0.917 bits per heavy atom. The smallest absolute Gasteiger partial charge is 0.234 e. The molecule has 2 amide bonds. The third kappa shape index (κ3) is 3.89. The summed E-state index contributed by atoms with van der Waals surface area (Å²) in [6, 6.07) is 13.5. The van der Waals surface area contributed by atoms with Gasteiger partial charge in [-0.05, 0) is 30.3 Å². The minimum Gasteiger partial charge on any atom is -0.310 e. The van der Waals surface area contributed by atoms with Crippen LogP contribution >= 0.6 is 0 Å². The van der Waals surface area contributed by atoms with Gasteiger partial charge in [0.05, 0.1) is 11.7 Å². The van der Waals surface area contributed by atoms with E-state index < -0.39 is 24.1 Å². The van der Waals surface area contributed by atoms with Gasteiger partial charge in [0.1, 0.15) is 23.9 Å². The van der Waals surface area contributed by atoms with Gasteiger partial charge in [0.15, 0.2) is 0 Å². The summed E-state index contributed by atoms with van der Waals surface area (Å²) < 4.78 is 12.7. The Morgan fingerprint density at radius 2 is 1.62 bits per heavy atom. The van der Waals surface area contributed by atoms with Gasteiger partial charge in [-0.2, -0.15) is 0 Å². The number of fused-ring (bicyclic) bond motifs is 1. The average molecular weight is 324 g/mol. The Labute approximate surface area is 136 Å². The first-order valence-electron chi connectivity index (χ1n) is 7.17. The number of para-hydroxylation sites is 1. The van der Waals surface area contributed by atoms with Crippen LogP contribution < -0.4 is 10.6 Å². The average Bonchev–Trinajstić information content (AvgIpc) is 2.56. The Morgan fingerprint density at radius 3 is 2.38 bits per heavy atom. The number of hydrogen-bond acceptors (Lipinski definition) is 4. The van der Waals surface area contributed by atoms with Gasteiger partial charge in [-0.3, -0.25) is 9.59 Å². The zero-order chi connectivity index (χ0) is 16.9. The van der Waals surface area contributed by atoms with Gasteiger partial charge in [0, 0.05) is 5.39 Å². The molecule has 0 bridgehead atoms. The van der Waals surface area contributed by atoms with Gasteiger partial charge in [-0.15, -0.1) is 0 Å². The molecular weight excluding hydrogens is 311 g/mol. The van der Waals surface area contributed by atoms with Crippen LogP contribution in [0.15, 0.2) is 54.7 Å². The van der Waals surface area contributed by atoms with Crippen LogP contribution in [0, 0.1) is 5.82 Å². The first kappa shape index (κ1) is 15.5. The lowest BCUT2D eigenvalue weighted by Crippen LogP contribution is -2.22. The monoisotopic (exact) mass is 324 g/mol. The highest BCUT2D eigenvalue weighted by molar-refractivity contribution is 6.07. The molecule has 2 aromatic heterocycles. The highest BCUT2D eigenvalue weighted by Gasteiger charge is 2.11. The van der Waals surface area contributed by atoms with E-state index in [9.17, 15) is 14.0 Å². The third-order valence-electron chi connectivity index (χ3n) is 3.18. The fourth-order valence-electron chi connectivity index (χ4n) is 2.11. The van der Waals surface area contributed by atoms with Crippen LogP contribution in [0.2, 0.25) is 0 Å². The first-order valence-corrected chi connectivity index (χ1v) is 7.17. The summed E-state index contributed by atoms with van der Waals surface area (Å²) in [6.45, 7) is 0. The highest BCUT2D eigenvalue weighted by atomic mass is 19.1. The second-order valence-corrected chi connectivity index (χ2v) is 5.02. The fraction of sp³-hybridized carbons (Fsp3) is 0.0588. The molecule has 0 spiro atoms. The number of amides is 2. The quantitative estimate of drug-likeness (QED) is 0.723. The summed E-state index contributed by atoms with van der Waals surface area (Å²) in [4.78, 5) is 31.7. The van der Waals surface area contributed by atoms with Gasteiger partial charge in [0.25, 0.3) is 0 Å². The van der Waals surface area contributed by atoms with E-state index in [1.165, 1.54) is 12.1 Å². The largest absolute Gasteiger partial charge is 0.310 e. The maximum absolute atomic E-state index is 12.7. The standard InChI is InChI=1S/C17H13FN4O2/c18-12-6-8-14(19-10-12)21-16(23)9-17(24)22-15-7-5-11-3-1-2-4-13(11)20-15/h1-8,10H,9H2,(H,19,21,23)(H,20,22,24). The zero-order valence-electron chi connectivity index (χ0n) is 12.5. The predicted octanol–water partition coefficient (Wildman–Crippen LogP) is 2.74. The molecule has 0 fully saturated rings. The van der Waals surface area contributed by atoms with Crippen LogP contribution in [0.4, 0.5) is 16.0 Å². The number of carbonyl (C=O) groups is 2. The molecule has 0 unspecified atom stereocenters. The van der Waals surface area contributed by atoms with Gasteiger partial charge >= 0.3 is 0 Å². The van der Waals surface area contributed by atoms with Crippen LogP contribution in [0.5, 0.6) is 0 Å². The minimum atomic E-state index is -0.549. The lowest BCUT2D eigenvalue weighted by atomic mass is 10.2. The maximum atomic E-state index is 12.7. The predicted molar refractivity (Wildman–Crippen MR) is 87.8 cm³/mol. The number of aromatic nitrogens is 2. The molecule has 24 heavy (non-hydrogen) atoms. The van der Waals surface area contributed by atoms with Gasteiger partial charge < -0.3 is 10.6 Å². The summed E-state index contributed by atoms with van der Waals surface area (Å²) in [5, 5.41) is 5.94. The fourth-order valence-corrected chi connectivity index (χ4v) is 2.11. The number of carbonyl (C=O) groups excluding carboxylic acids is 2. The summed E-state index contributed by atoms with van der Waals surface area (Å²) in [5.41, 5.74) is 0.746. The van der Waals surface area contributed by atoms with Gasteiger partial charge in [0.2, 0.25) is 11.8 Å². The van der Waals surface area contributed by atoms with Crippen molar-refractivity contribution in [2.24, 2.45) is 0 Å². The Bertz CT molecular complexity index is 896. The molecule has 0 atom stereocenters. The number of benzene rings is 1. The first-order chi connectivity index (χ1) is 11.6. The summed E-state index contributed by atoms with van der Waals surface area (Å²) in [6.07, 6.45) is 0.586. The number of rotatable bonds is 4. The molecule has 0 aliphatic rings. The van der Waals surface area contributed by atoms with Crippen molar-refractivity contribution in [1.29, 1.82) is 0 Å². The number of nitrogens with zero attached hydrogens (tertiary/aromatic N) is 2. The molecule has 0 saturated heterocycles. The van der Waals surface area contributed by atoms with Crippen LogP contribution in [-0.4, -0.2) is 21.8 Å².